The van der Waals surface area contributed by atoms with E-state index in [-0.39, 0.29) is 38.0 Å². The molecule has 1 saturated heterocycles. The number of nitrogens with one attached hydrogen (secondary N) is 1. The van der Waals surface area contributed by atoms with Crippen LogP contribution in [0.5, 0.6) is 0 Å². The van der Waals surface area contributed by atoms with E-state index in [0.29, 0.717) is 11.8 Å². The van der Waals surface area contributed by atoms with Crippen LogP contribution in [0.15, 0.2) is 33.7 Å². The molecule has 1 fully saturated rings. The minimum atomic E-state index is -4.77. The lowest BCUT2D eigenvalue weighted by Gasteiger charge is -2.36. The first-order valence-corrected chi connectivity index (χ1v) is 11.1. The van der Waals surface area contributed by atoms with E-state index in [1.54, 1.807) is 24.8 Å². The molecule has 170 valence electrons. The van der Waals surface area contributed by atoms with Gasteiger partial charge in [-0.2, -0.15) is 17.5 Å². The van der Waals surface area contributed by atoms with Crippen LogP contribution >= 0.6 is 11.6 Å². The lowest BCUT2D eigenvalue weighted by Crippen LogP contribution is -2.53. The SMILES string of the molecule is Cc1cc(NC(=O)[C@@H](C)N2CCN(S(=O)(=O)c3ccc(Cl)c(C(F)(F)F)c3)CC2)on1. The third-order valence-corrected chi connectivity index (χ3v) is 7.18. The Labute approximate surface area is 182 Å². The van der Waals surface area contributed by atoms with Crippen molar-refractivity contribution in [2.45, 2.75) is 31.0 Å². The van der Waals surface area contributed by atoms with Crippen molar-refractivity contribution in [1.29, 1.82) is 0 Å². The van der Waals surface area contributed by atoms with Gasteiger partial charge in [0.05, 0.1) is 27.2 Å². The van der Waals surface area contributed by atoms with E-state index in [4.69, 9.17) is 16.1 Å². The Hall–Kier alpha value is -2.15. The first kappa shape index (κ1) is 23.5. The van der Waals surface area contributed by atoms with Gasteiger partial charge in [0.25, 0.3) is 0 Å². The van der Waals surface area contributed by atoms with Crippen molar-refractivity contribution in [3.8, 4) is 0 Å². The van der Waals surface area contributed by atoms with Crippen LogP contribution in [0.4, 0.5) is 19.1 Å². The number of halogens is 4. The van der Waals surface area contributed by atoms with E-state index < -0.39 is 37.7 Å². The average molecular weight is 481 g/mol. The molecule has 0 radical (unpaired) electrons. The van der Waals surface area contributed by atoms with E-state index >= 15 is 0 Å². The zero-order valence-electron chi connectivity index (χ0n) is 16.6. The molecular formula is C18H20ClF3N4O4S. The Morgan fingerprint density at radius 1 is 1.23 bits per heavy atom. The van der Waals surface area contributed by atoms with Crippen molar-refractivity contribution >= 4 is 33.4 Å². The molecule has 1 aliphatic heterocycles. The van der Waals surface area contributed by atoms with Crippen LogP contribution in [0.25, 0.3) is 0 Å². The smallest absolute Gasteiger partial charge is 0.338 e. The third-order valence-electron chi connectivity index (χ3n) is 4.96. The second-order valence-corrected chi connectivity index (χ2v) is 9.42. The fourth-order valence-electron chi connectivity index (χ4n) is 3.18. The van der Waals surface area contributed by atoms with Crippen LogP contribution in [-0.2, 0) is 21.0 Å². The molecule has 1 atom stereocenters. The van der Waals surface area contributed by atoms with Gasteiger partial charge in [0.1, 0.15) is 0 Å². The molecule has 1 amide bonds. The molecule has 1 aliphatic rings. The summed E-state index contributed by atoms with van der Waals surface area (Å²) in [6.07, 6.45) is -4.77. The molecule has 8 nitrogen and oxygen atoms in total. The predicted molar refractivity (Wildman–Crippen MR) is 106 cm³/mol. The number of aryl methyl sites for hydroxylation is 1. The number of anilines is 1. The normalized spacial score (nSPS) is 17.5. The van der Waals surface area contributed by atoms with Crippen molar-refractivity contribution < 1.29 is 30.9 Å². The molecule has 1 aromatic heterocycles. The lowest BCUT2D eigenvalue weighted by atomic mass is 10.2. The van der Waals surface area contributed by atoms with Gasteiger partial charge < -0.3 is 4.52 Å². The predicted octanol–water partition coefficient (Wildman–Crippen LogP) is 2.99. The van der Waals surface area contributed by atoms with Crippen molar-refractivity contribution in [3.05, 3.63) is 40.5 Å². The van der Waals surface area contributed by atoms with Gasteiger partial charge in [-0.25, -0.2) is 8.42 Å². The van der Waals surface area contributed by atoms with E-state index in [0.717, 1.165) is 16.4 Å². The first-order chi connectivity index (χ1) is 14.4. The van der Waals surface area contributed by atoms with E-state index in [1.807, 2.05) is 0 Å². The number of amides is 1. The molecule has 31 heavy (non-hydrogen) atoms. The molecule has 2 heterocycles. The number of aromatic nitrogens is 1. The number of carbonyl (C=O) groups excluding carboxylic acids is 1. The number of rotatable bonds is 5. The monoisotopic (exact) mass is 480 g/mol. The van der Waals surface area contributed by atoms with Crippen molar-refractivity contribution in [2.75, 3.05) is 31.5 Å². The summed E-state index contributed by atoms with van der Waals surface area (Å²) in [5, 5.41) is 5.70. The fraction of sp³-hybridized carbons (Fsp3) is 0.444. The summed E-state index contributed by atoms with van der Waals surface area (Å²) in [4.78, 5) is 13.7. The summed E-state index contributed by atoms with van der Waals surface area (Å²) in [5.41, 5.74) is -0.598. The number of hydrogen-bond acceptors (Lipinski definition) is 6. The molecule has 1 aromatic carbocycles. The summed E-state index contributed by atoms with van der Waals surface area (Å²) >= 11 is 5.58. The molecule has 0 unspecified atom stereocenters. The molecular weight excluding hydrogens is 461 g/mol. The number of sulfonamides is 1. The van der Waals surface area contributed by atoms with Crippen LogP contribution in [-0.4, -0.2) is 60.9 Å². The maximum atomic E-state index is 13.1. The van der Waals surface area contributed by atoms with E-state index in [2.05, 4.69) is 10.5 Å². The molecule has 0 spiro atoms. The molecule has 2 aromatic rings. The average Bonchev–Trinajstić information content (AvgIpc) is 3.11. The summed E-state index contributed by atoms with van der Waals surface area (Å²) in [6, 6.07) is 3.50. The zero-order chi connectivity index (χ0) is 23.0. The Morgan fingerprint density at radius 2 is 1.87 bits per heavy atom. The summed E-state index contributed by atoms with van der Waals surface area (Å²) in [7, 11) is -4.15. The summed E-state index contributed by atoms with van der Waals surface area (Å²) < 4.78 is 71.0. The van der Waals surface area contributed by atoms with Crippen LogP contribution in [0.3, 0.4) is 0 Å². The van der Waals surface area contributed by atoms with Crippen molar-refractivity contribution in [3.63, 3.8) is 0 Å². The quantitative estimate of drug-likeness (QED) is 0.707. The van der Waals surface area contributed by atoms with Gasteiger partial charge in [-0.1, -0.05) is 16.8 Å². The standard InChI is InChI=1S/C18H20ClF3N4O4S/c1-11-9-16(30-24-11)23-17(27)12(2)25-5-7-26(8-6-25)31(28,29)13-3-4-15(19)14(10-13)18(20,21)22/h3-4,9-10,12H,5-8H2,1-2H3,(H,23,27)/t12-/m1/s1. The van der Waals surface area contributed by atoms with Crippen molar-refractivity contribution in [1.82, 2.24) is 14.4 Å². The Balaban J connectivity index is 1.66. The number of nitrogens with zero attached hydrogens (tertiary/aromatic N) is 3. The van der Waals surface area contributed by atoms with Gasteiger partial charge in [-0.15, -0.1) is 0 Å². The highest BCUT2D eigenvalue weighted by atomic mass is 35.5. The van der Waals surface area contributed by atoms with Gasteiger partial charge in [-0.05, 0) is 32.0 Å². The van der Waals surface area contributed by atoms with Crippen molar-refractivity contribution in [2.24, 2.45) is 0 Å². The van der Waals surface area contributed by atoms with Crippen LogP contribution in [0.2, 0.25) is 5.02 Å². The Kier molecular flexibility index (Phi) is 6.65. The van der Waals surface area contributed by atoms with Gasteiger partial charge in [0.2, 0.25) is 21.8 Å². The van der Waals surface area contributed by atoms with Crippen LogP contribution in [0.1, 0.15) is 18.2 Å². The molecule has 0 bridgehead atoms. The molecule has 0 saturated carbocycles. The Morgan fingerprint density at radius 3 is 2.42 bits per heavy atom. The van der Waals surface area contributed by atoms with Gasteiger partial charge >= 0.3 is 6.18 Å². The van der Waals surface area contributed by atoms with Gasteiger partial charge in [-0.3, -0.25) is 15.0 Å². The van der Waals surface area contributed by atoms with E-state index in [1.165, 1.54) is 0 Å². The minimum Gasteiger partial charge on any atom is -0.338 e. The number of carbonyl (C=O) groups is 1. The summed E-state index contributed by atoms with van der Waals surface area (Å²) in [6.45, 7) is 3.86. The molecule has 3 rings (SSSR count). The number of alkyl halides is 3. The largest absolute Gasteiger partial charge is 0.417 e. The molecule has 1 N–H and O–H groups in total. The third kappa shape index (κ3) is 5.20. The summed E-state index contributed by atoms with van der Waals surface area (Å²) in [5.74, 6) is -0.140. The highest BCUT2D eigenvalue weighted by Crippen LogP contribution is 2.36. The Bertz CT molecular complexity index is 1070. The second kappa shape index (κ2) is 8.77. The fourth-order valence-corrected chi connectivity index (χ4v) is 4.85. The van der Waals surface area contributed by atoms with E-state index in [9.17, 15) is 26.4 Å². The first-order valence-electron chi connectivity index (χ1n) is 9.24. The zero-order valence-corrected chi connectivity index (χ0v) is 18.2. The van der Waals surface area contributed by atoms with Gasteiger partial charge in [0.15, 0.2) is 0 Å². The number of benzene rings is 1. The second-order valence-electron chi connectivity index (χ2n) is 7.08. The lowest BCUT2D eigenvalue weighted by molar-refractivity contribution is -0.137. The topological polar surface area (TPSA) is 95.8 Å². The van der Waals surface area contributed by atoms with Crippen LogP contribution < -0.4 is 5.32 Å². The van der Waals surface area contributed by atoms with Gasteiger partial charge in [0, 0.05) is 32.2 Å². The highest BCUT2D eigenvalue weighted by Gasteiger charge is 2.37. The highest BCUT2D eigenvalue weighted by molar-refractivity contribution is 7.89. The minimum absolute atomic E-state index is 0.0192. The maximum Gasteiger partial charge on any atom is 0.417 e. The number of hydrogen-bond donors (Lipinski definition) is 1. The molecule has 13 heteroatoms. The number of piperazine rings is 1. The maximum absolute atomic E-state index is 13.1. The molecule has 0 aliphatic carbocycles. The van der Waals surface area contributed by atoms with Crippen LogP contribution in [0, 0.1) is 6.92 Å².